The molecule has 2 heterocycles. The summed E-state index contributed by atoms with van der Waals surface area (Å²) in [7, 11) is -3.34. The number of ether oxygens (including phenoxy) is 1. The van der Waals surface area contributed by atoms with Gasteiger partial charge in [-0.05, 0) is 43.3 Å². The first-order valence-electron chi connectivity index (χ1n) is 9.73. The highest BCUT2D eigenvalue weighted by Gasteiger charge is 2.25. The number of hydrogen-bond donors (Lipinski definition) is 0. The lowest BCUT2D eigenvalue weighted by atomic mass is 10.1. The molecule has 0 N–H and O–H groups in total. The van der Waals surface area contributed by atoms with E-state index in [0.29, 0.717) is 43.9 Å². The summed E-state index contributed by atoms with van der Waals surface area (Å²) >= 11 is 1.48. The number of sulfone groups is 1. The van der Waals surface area contributed by atoms with Crippen LogP contribution in [0, 0.1) is 0 Å². The van der Waals surface area contributed by atoms with Crippen LogP contribution in [0.15, 0.2) is 47.4 Å². The van der Waals surface area contributed by atoms with Gasteiger partial charge in [-0.15, -0.1) is 0 Å². The molecule has 3 aromatic rings. The SMILES string of the molecule is CCOc1ccc(C(=O)N2CCN(c3nc4c(S(C)(=O)=O)cccc4s3)CC2)cc1. The third-order valence-corrected chi connectivity index (χ3v) is 7.23. The standard InChI is InChI=1S/C21H23N3O4S2/c1-3-28-16-9-7-15(8-10-16)20(25)23-11-13-24(14-12-23)21-22-19-17(29-21)5-4-6-18(19)30(2,26)27/h4-10H,3,11-14H2,1-2H3. The fourth-order valence-electron chi connectivity index (χ4n) is 3.49. The number of thiazole rings is 1. The second kappa shape index (κ2) is 8.23. The predicted molar refractivity (Wildman–Crippen MR) is 118 cm³/mol. The number of fused-ring (bicyclic) bond motifs is 1. The molecule has 0 aliphatic carbocycles. The Bertz CT molecular complexity index is 1160. The number of nitrogens with zero attached hydrogens (tertiary/aromatic N) is 3. The second-order valence-electron chi connectivity index (χ2n) is 7.11. The smallest absolute Gasteiger partial charge is 0.253 e. The zero-order valence-corrected chi connectivity index (χ0v) is 18.5. The van der Waals surface area contributed by atoms with Crippen LogP contribution in [-0.2, 0) is 9.84 Å². The number of anilines is 1. The Morgan fingerprint density at radius 2 is 1.80 bits per heavy atom. The van der Waals surface area contributed by atoms with Crippen LogP contribution in [0.2, 0.25) is 0 Å². The highest BCUT2D eigenvalue weighted by molar-refractivity contribution is 7.91. The fourth-order valence-corrected chi connectivity index (χ4v) is 5.43. The number of amides is 1. The summed E-state index contributed by atoms with van der Waals surface area (Å²) in [5, 5.41) is 0.786. The van der Waals surface area contributed by atoms with Crippen molar-refractivity contribution in [2.75, 3.05) is 43.9 Å². The van der Waals surface area contributed by atoms with Crippen LogP contribution in [0.25, 0.3) is 10.2 Å². The number of aromatic nitrogens is 1. The van der Waals surface area contributed by atoms with Gasteiger partial charge in [0.2, 0.25) is 0 Å². The molecule has 9 heteroatoms. The highest BCUT2D eigenvalue weighted by Crippen LogP contribution is 2.33. The van der Waals surface area contributed by atoms with Gasteiger partial charge in [0.1, 0.15) is 11.3 Å². The molecule has 7 nitrogen and oxygen atoms in total. The molecule has 0 saturated carbocycles. The van der Waals surface area contributed by atoms with E-state index in [9.17, 15) is 13.2 Å². The third kappa shape index (κ3) is 4.13. The Kier molecular flexibility index (Phi) is 5.66. The van der Waals surface area contributed by atoms with Gasteiger partial charge in [0.15, 0.2) is 15.0 Å². The third-order valence-electron chi connectivity index (χ3n) is 5.02. The maximum atomic E-state index is 12.8. The Labute approximate surface area is 179 Å². The lowest BCUT2D eigenvalue weighted by Crippen LogP contribution is -2.48. The Morgan fingerprint density at radius 3 is 2.43 bits per heavy atom. The molecule has 0 spiro atoms. The van der Waals surface area contributed by atoms with Crippen LogP contribution in [-0.4, -0.2) is 63.3 Å². The monoisotopic (exact) mass is 445 g/mol. The van der Waals surface area contributed by atoms with Crippen LogP contribution >= 0.6 is 11.3 Å². The molecule has 1 aromatic heterocycles. The molecule has 1 aliphatic rings. The molecule has 0 atom stereocenters. The first kappa shape index (κ1) is 20.6. The number of hydrogen-bond acceptors (Lipinski definition) is 7. The summed E-state index contributed by atoms with van der Waals surface area (Å²) < 4.78 is 30.4. The minimum absolute atomic E-state index is 0.00126. The van der Waals surface area contributed by atoms with E-state index in [1.54, 1.807) is 24.3 Å². The van der Waals surface area contributed by atoms with Crippen LogP contribution in [0.5, 0.6) is 5.75 Å². The van der Waals surface area contributed by atoms with Gasteiger partial charge in [0.05, 0.1) is 16.2 Å². The van der Waals surface area contributed by atoms with Crippen molar-refractivity contribution in [3.63, 3.8) is 0 Å². The van der Waals surface area contributed by atoms with Gasteiger partial charge in [0, 0.05) is 38.0 Å². The van der Waals surface area contributed by atoms with Gasteiger partial charge >= 0.3 is 0 Å². The first-order chi connectivity index (χ1) is 14.4. The van der Waals surface area contributed by atoms with Crippen LogP contribution in [0.3, 0.4) is 0 Å². The average Bonchev–Trinajstić information content (AvgIpc) is 3.18. The Hall–Kier alpha value is -2.65. The molecule has 1 saturated heterocycles. The summed E-state index contributed by atoms with van der Waals surface area (Å²) in [4.78, 5) is 21.6. The van der Waals surface area contributed by atoms with Crippen LogP contribution in [0.1, 0.15) is 17.3 Å². The quantitative estimate of drug-likeness (QED) is 0.601. The molecule has 0 unspecified atom stereocenters. The largest absolute Gasteiger partial charge is 0.494 e. The van der Waals surface area contributed by atoms with Crippen molar-refractivity contribution in [1.82, 2.24) is 9.88 Å². The van der Waals surface area contributed by atoms with Crippen molar-refractivity contribution in [3.8, 4) is 5.75 Å². The van der Waals surface area contributed by atoms with E-state index in [0.717, 1.165) is 15.6 Å². The predicted octanol–water partition coefficient (Wildman–Crippen LogP) is 3.06. The second-order valence-corrected chi connectivity index (χ2v) is 10.1. The lowest BCUT2D eigenvalue weighted by Gasteiger charge is -2.34. The summed E-state index contributed by atoms with van der Waals surface area (Å²) in [6, 6.07) is 12.4. The molecule has 1 amide bonds. The van der Waals surface area contributed by atoms with Crippen molar-refractivity contribution in [2.45, 2.75) is 11.8 Å². The summed E-state index contributed by atoms with van der Waals surface area (Å²) in [6.45, 7) is 4.98. The van der Waals surface area contributed by atoms with Gasteiger partial charge in [-0.1, -0.05) is 17.4 Å². The number of carbonyl (C=O) groups is 1. The zero-order chi connectivity index (χ0) is 21.3. The molecule has 1 aliphatic heterocycles. The van der Waals surface area contributed by atoms with E-state index in [4.69, 9.17) is 4.74 Å². The van der Waals surface area contributed by atoms with Crippen LogP contribution in [0.4, 0.5) is 5.13 Å². The van der Waals surface area contributed by atoms with Crippen molar-refractivity contribution in [3.05, 3.63) is 48.0 Å². The van der Waals surface area contributed by atoms with Crippen molar-refractivity contribution in [2.24, 2.45) is 0 Å². The number of para-hydroxylation sites is 1. The maximum absolute atomic E-state index is 12.8. The van der Waals surface area contributed by atoms with E-state index < -0.39 is 9.84 Å². The minimum Gasteiger partial charge on any atom is -0.494 e. The molecule has 2 aromatic carbocycles. The van der Waals surface area contributed by atoms with E-state index in [1.165, 1.54) is 17.6 Å². The Morgan fingerprint density at radius 1 is 1.10 bits per heavy atom. The molecule has 1 fully saturated rings. The van der Waals surface area contributed by atoms with Crippen molar-refractivity contribution >= 4 is 42.4 Å². The van der Waals surface area contributed by atoms with E-state index >= 15 is 0 Å². The van der Waals surface area contributed by atoms with Crippen molar-refractivity contribution in [1.29, 1.82) is 0 Å². The average molecular weight is 446 g/mol. The van der Waals surface area contributed by atoms with Gasteiger partial charge in [0.25, 0.3) is 5.91 Å². The molecular weight excluding hydrogens is 422 g/mol. The summed E-state index contributed by atoms with van der Waals surface area (Å²) in [5.41, 5.74) is 1.16. The van der Waals surface area contributed by atoms with Crippen LogP contribution < -0.4 is 9.64 Å². The van der Waals surface area contributed by atoms with Gasteiger partial charge in [-0.25, -0.2) is 13.4 Å². The molecule has 158 valence electrons. The number of rotatable bonds is 5. The topological polar surface area (TPSA) is 79.8 Å². The van der Waals surface area contributed by atoms with Gasteiger partial charge in [-0.2, -0.15) is 0 Å². The van der Waals surface area contributed by atoms with E-state index in [1.807, 2.05) is 30.0 Å². The molecule has 0 bridgehead atoms. The Balaban J connectivity index is 1.46. The number of carbonyl (C=O) groups excluding carboxylic acids is 1. The minimum atomic E-state index is -3.34. The summed E-state index contributed by atoms with van der Waals surface area (Å²) in [6.07, 6.45) is 1.20. The molecular formula is C21H23N3O4S2. The first-order valence-corrected chi connectivity index (χ1v) is 12.4. The van der Waals surface area contributed by atoms with Gasteiger partial charge < -0.3 is 14.5 Å². The number of benzene rings is 2. The fraction of sp³-hybridized carbons (Fsp3) is 0.333. The molecule has 30 heavy (non-hydrogen) atoms. The lowest BCUT2D eigenvalue weighted by molar-refractivity contribution is 0.0746. The highest BCUT2D eigenvalue weighted by atomic mass is 32.2. The zero-order valence-electron chi connectivity index (χ0n) is 16.9. The summed E-state index contributed by atoms with van der Waals surface area (Å²) in [5.74, 6) is 0.754. The van der Waals surface area contributed by atoms with Crippen molar-refractivity contribution < 1.29 is 17.9 Å². The number of piperazine rings is 1. The van der Waals surface area contributed by atoms with E-state index in [2.05, 4.69) is 9.88 Å². The maximum Gasteiger partial charge on any atom is 0.253 e. The van der Waals surface area contributed by atoms with Gasteiger partial charge in [-0.3, -0.25) is 4.79 Å². The molecule has 4 rings (SSSR count). The normalized spacial score (nSPS) is 14.9. The van der Waals surface area contributed by atoms with E-state index in [-0.39, 0.29) is 10.8 Å². The molecule has 0 radical (unpaired) electrons.